The van der Waals surface area contributed by atoms with E-state index in [-0.39, 0.29) is 11.6 Å². The SMILES string of the molecule is COc1cc(OC)cc(N2C(=N)C(c3nc4ccccc4[nH]3)=C(O)C23CCNCC3)c1. The molecule has 0 aliphatic carbocycles. The summed E-state index contributed by atoms with van der Waals surface area (Å²) in [4.78, 5) is 9.84. The van der Waals surface area contributed by atoms with Gasteiger partial charge in [-0.25, -0.2) is 4.98 Å². The zero-order valence-electron chi connectivity index (χ0n) is 17.5. The fourth-order valence-corrected chi connectivity index (χ4v) is 4.67. The van der Waals surface area contributed by atoms with Crippen molar-refractivity contribution in [3.05, 3.63) is 54.0 Å². The number of benzene rings is 2. The number of piperidine rings is 1. The average Bonchev–Trinajstić information content (AvgIpc) is 3.30. The van der Waals surface area contributed by atoms with Crippen molar-refractivity contribution >= 4 is 28.1 Å². The van der Waals surface area contributed by atoms with Gasteiger partial charge in [-0.05, 0) is 38.1 Å². The first-order valence-corrected chi connectivity index (χ1v) is 10.3. The second-order valence-corrected chi connectivity index (χ2v) is 7.86. The molecule has 1 fully saturated rings. The standard InChI is InChI=1S/C23H25N5O3/c1-30-15-11-14(12-16(13-15)31-2)28-21(24)19(20(29)23(28)7-9-25-10-8-23)22-26-17-5-3-4-6-18(17)27-22/h3-6,11-13,24-25,29H,7-10H2,1-2H3,(H,26,27). The van der Waals surface area contributed by atoms with E-state index in [9.17, 15) is 5.11 Å². The van der Waals surface area contributed by atoms with Crippen LogP contribution in [-0.2, 0) is 0 Å². The van der Waals surface area contributed by atoms with Crippen LogP contribution in [0.2, 0.25) is 0 Å². The van der Waals surface area contributed by atoms with Crippen molar-refractivity contribution in [3.63, 3.8) is 0 Å². The van der Waals surface area contributed by atoms with Crippen molar-refractivity contribution in [1.29, 1.82) is 5.41 Å². The Bertz CT molecular complexity index is 1140. The van der Waals surface area contributed by atoms with Crippen LogP contribution >= 0.6 is 0 Å². The first kappa shape index (κ1) is 19.4. The van der Waals surface area contributed by atoms with Crippen LogP contribution in [0.5, 0.6) is 11.5 Å². The third-order valence-corrected chi connectivity index (χ3v) is 6.22. The first-order valence-electron chi connectivity index (χ1n) is 10.3. The van der Waals surface area contributed by atoms with Crippen molar-refractivity contribution in [3.8, 4) is 11.5 Å². The topological polar surface area (TPSA) is 106 Å². The van der Waals surface area contributed by atoms with Crippen LogP contribution in [0.3, 0.4) is 0 Å². The molecule has 3 heterocycles. The van der Waals surface area contributed by atoms with E-state index in [1.807, 2.05) is 41.3 Å². The van der Waals surface area contributed by atoms with Gasteiger partial charge in [0.15, 0.2) is 0 Å². The number of fused-ring (bicyclic) bond motifs is 1. The summed E-state index contributed by atoms with van der Waals surface area (Å²) in [5, 5.41) is 24.0. The van der Waals surface area contributed by atoms with Crippen molar-refractivity contribution < 1.29 is 14.6 Å². The number of hydrogen-bond donors (Lipinski definition) is 4. The van der Waals surface area contributed by atoms with Crippen LogP contribution in [-0.4, -0.2) is 53.8 Å². The number of aliphatic hydroxyl groups is 1. The van der Waals surface area contributed by atoms with E-state index in [1.54, 1.807) is 20.3 Å². The van der Waals surface area contributed by atoms with Gasteiger partial charge in [0.05, 0.1) is 36.5 Å². The molecule has 0 amide bonds. The molecule has 4 N–H and O–H groups in total. The zero-order chi connectivity index (χ0) is 21.6. The predicted octanol–water partition coefficient (Wildman–Crippen LogP) is 3.47. The fraction of sp³-hybridized carbons (Fsp3) is 0.304. The maximum absolute atomic E-state index is 11.5. The third kappa shape index (κ3) is 2.94. The number of imidazole rings is 1. The Hall–Kier alpha value is -3.52. The molecule has 0 bridgehead atoms. The predicted molar refractivity (Wildman–Crippen MR) is 120 cm³/mol. The largest absolute Gasteiger partial charge is 0.509 e. The highest BCUT2D eigenvalue weighted by molar-refractivity contribution is 6.31. The van der Waals surface area contributed by atoms with Crippen molar-refractivity contribution in [2.45, 2.75) is 18.4 Å². The molecule has 0 saturated carbocycles. The molecule has 31 heavy (non-hydrogen) atoms. The molecule has 1 aromatic heterocycles. The number of nitrogens with one attached hydrogen (secondary N) is 3. The highest BCUT2D eigenvalue weighted by Crippen LogP contribution is 2.47. The Morgan fingerprint density at radius 3 is 2.39 bits per heavy atom. The zero-order valence-corrected chi connectivity index (χ0v) is 17.5. The van der Waals surface area contributed by atoms with Gasteiger partial charge in [-0.1, -0.05) is 12.1 Å². The summed E-state index contributed by atoms with van der Waals surface area (Å²) in [6, 6.07) is 13.2. The summed E-state index contributed by atoms with van der Waals surface area (Å²) in [5.41, 5.74) is 2.10. The van der Waals surface area contributed by atoms with Gasteiger partial charge in [0, 0.05) is 18.2 Å². The Morgan fingerprint density at radius 2 is 1.74 bits per heavy atom. The lowest BCUT2D eigenvalue weighted by molar-refractivity contribution is 0.255. The molecule has 8 nitrogen and oxygen atoms in total. The number of aromatic nitrogens is 2. The Labute approximate surface area is 180 Å². The van der Waals surface area contributed by atoms with E-state index in [2.05, 4.69) is 15.3 Å². The van der Waals surface area contributed by atoms with Gasteiger partial charge < -0.3 is 29.8 Å². The lowest BCUT2D eigenvalue weighted by Crippen LogP contribution is -2.54. The summed E-state index contributed by atoms with van der Waals surface area (Å²) in [5.74, 6) is 2.14. The number of H-pyrrole nitrogens is 1. The molecule has 2 aliphatic heterocycles. The minimum absolute atomic E-state index is 0.180. The molecule has 0 unspecified atom stereocenters. The van der Waals surface area contributed by atoms with Crippen molar-refractivity contribution in [2.24, 2.45) is 0 Å². The second kappa shape index (κ2) is 7.31. The maximum atomic E-state index is 11.5. The van der Waals surface area contributed by atoms with E-state index >= 15 is 0 Å². The maximum Gasteiger partial charge on any atom is 0.145 e. The summed E-state index contributed by atoms with van der Waals surface area (Å²) >= 11 is 0. The smallest absolute Gasteiger partial charge is 0.145 e. The molecule has 160 valence electrons. The highest BCUT2D eigenvalue weighted by atomic mass is 16.5. The first-order chi connectivity index (χ1) is 15.1. The molecule has 5 rings (SSSR count). The van der Waals surface area contributed by atoms with Gasteiger partial charge in [-0.15, -0.1) is 0 Å². The van der Waals surface area contributed by atoms with Crippen molar-refractivity contribution in [2.75, 3.05) is 32.2 Å². The van der Waals surface area contributed by atoms with Gasteiger partial charge in [-0.3, -0.25) is 5.41 Å². The molecule has 0 atom stereocenters. The number of ether oxygens (including phenoxy) is 2. The Kier molecular flexibility index (Phi) is 4.59. The number of rotatable bonds is 4. The van der Waals surface area contributed by atoms with Crippen LogP contribution in [0, 0.1) is 5.41 Å². The van der Waals surface area contributed by atoms with Gasteiger partial charge >= 0.3 is 0 Å². The normalized spacial score (nSPS) is 18.3. The number of amidine groups is 1. The van der Waals surface area contributed by atoms with E-state index in [4.69, 9.17) is 14.9 Å². The molecule has 0 radical (unpaired) electrons. The molecule has 2 aromatic carbocycles. The number of methoxy groups -OCH3 is 2. The minimum Gasteiger partial charge on any atom is -0.509 e. The van der Waals surface area contributed by atoms with E-state index in [0.29, 0.717) is 35.7 Å². The molecule has 3 aromatic rings. The van der Waals surface area contributed by atoms with Crippen LogP contribution in [0.4, 0.5) is 5.69 Å². The fourth-order valence-electron chi connectivity index (χ4n) is 4.67. The van der Waals surface area contributed by atoms with Crippen molar-refractivity contribution in [1.82, 2.24) is 15.3 Å². The number of hydrogen-bond acceptors (Lipinski definition) is 6. The molecule has 8 heteroatoms. The van der Waals surface area contributed by atoms with E-state index < -0.39 is 5.54 Å². The van der Waals surface area contributed by atoms with E-state index in [1.165, 1.54) is 0 Å². The molecular formula is C23H25N5O3. The third-order valence-electron chi connectivity index (χ3n) is 6.22. The summed E-state index contributed by atoms with van der Waals surface area (Å²) in [6.45, 7) is 1.48. The molecule has 1 saturated heterocycles. The summed E-state index contributed by atoms with van der Waals surface area (Å²) in [6.07, 6.45) is 1.31. The average molecular weight is 419 g/mol. The number of aliphatic hydroxyl groups excluding tert-OH is 1. The lowest BCUT2D eigenvalue weighted by atomic mass is 9.85. The number of anilines is 1. The van der Waals surface area contributed by atoms with Crippen LogP contribution in [0.25, 0.3) is 16.6 Å². The van der Waals surface area contributed by atoms with Gasteiger partial charge in [0.25, 0.3) is 0 Å². The lowest BCUT2D eigenvalue weighted by Gasteiger charge is -2.42. The number of para-hydroxylation sites is 2. The van der Waals surface area contributed by atoms with Crippen LogP contribution in [0.1, 0.15) is 18.7 Å². The second-order valence-electron chi connectivity index (χ2n) is 7.86. The molecule has 2 aliphatic rings. The van der Waals surface area contributed by atoms with Gasteiger partial charge in [-0.2, -0.15) is 0 Å². The van der Waals surface area contributed by atoms with Crippen LogP contribution < -0.4 is 19.7 Å². The Balaban J connectivity index is 1.69. The van der Waals surface area contributed by atoms with Crippen LogP contribution in [0.15, 0.2) is 48.2 Å². The van der Waals surface area contributed by atoms with E-state index in [0.717, 1.165) is 29.8 Å². The highest BCUT2D eigenvalue weighted by Gasteiger charge is 2.52. The number of aromatic amines is 1. The Morgan fingerprint density at radius 1 is 1.06 bits per heavy atom. The molecule has 1 spiro atoms. The summed E-state index contributed by atoms with van der Waals surface area (Å²) < 4.78 is 10.9. The summed E-state index contributed by atoms with van der Waals surface area (Å²) in [7, 11) is 3.20. The van der Waals surface area contributed by atoms with Gasteiger partial charge in [0.2, 0.25) is 0 Å². The quantitative estimate of drug-likeness (QED) is 0.516. The minimum atomic E-state index is -0.728. The monoisotopic (exact) mass is 419 g/mol. The van der Waals surface area contributed by atoms with Gasteiger partial charge in [0.1, 0.15) is 34.5 Å². The number of nitrogens with zero attached hydrogens (tertiary/aromatic N) is 2. The molecular weight excluding hydrogens is 394 g/mol.